The van der Waals surface area contributed by atoms with Crippen LogP contribution in [-0.2, 0) is 0 Å². The Bertz CT molecular complexity index is 564. The summed E-state index contributed by atoms with van der Waals surface area (Å²) in [6.07, 6.45) is -1.03. The van der Waals surface area contributed by atoms with Gasteiger partial charge in [-0.15, -0.1) is 0 Å². The van der Waals surface area contributed by atoms with Gasteiger partial charge >= 0.3 is 0 Å². The standard InChI is InChI=1S/C14H11ClF2O/c1-8-4-11(16)2-3-13(8)14(18)9-5-10(15)7-12(17)6-9/h2-7,14,18H,1H3. The van der Waals surface area contributed by atoms with E-state index in [1.807, 2.05) is 0 Å². The molecule has 0 spiro atoms. The minimum atomic E-state index is -1.03. The fraction of sp³-hybridized carbons (Fsp3) is 0.143. The molecule has 1 N–H and O–H groups in total. The summed E-state index contributed by atoms with van der Waals surface area (Å²) in [5, 5.41) is 10.4. The summed E-state index contributed by atoms with van der Waals surface area (Å²) in [6.45, 7) is 1.68. The summed E-state index contributed by atoms with van der Waals surface area (Å²) in [4.78, 5) is 0. The van der Waals surface area contributed by atoms with Gasteiger partial charge in [0.25, 0.3) is 0 Å². The van der Waals surface area contributed by atoms with Crippen LogP contribution in [0.1, 0.15) is 22.8 Å². The van der Waals surface area contributed by atoms with Gasteiger partial charge in [-0.3, -0.25) is 0 Å². The summed E-state index contributed by atoms with van der Waals surface area (Å²) in [5.74, 6) is -0.892. The average Bonchev–Trinajstić information content (AvgIpc) is 2.26. The zero-order valence-corrected chi connectivity index (χ0v) is 10.4. The molecule has 4 heteroatoms. The Morgan fingerprint density at radius 3 is 2.39 bits per heavy atom. The molecule has 1 unspecified atom stereocenters. The number of hydrogen-bond acceptors (Lipinski definition) is 1. The Kier molecular flexibility index (Phi) is 3.64. The minimum Gasteiger partial charge on any atom is -0.384 e. The van der Waals surface area contributed by atoms with E-state index in [0.29, 0.717) is 16.7 Å². The van der Waals surface area contributed by atoms with Crippen LogP contribution in [0.15, 0.2) is 36.4 Å². The van der Waals surface area contributed by atoms with Crippen LogP contribution in [-0.4, -0.2) is 5.11 Å². The van der Waals surface area contributed by atoms with Gasteiger partial charge in [0, 0.05) is 5.02 Å². The summed E-state index contributed by atoms with van der Waals surface area (Å²) in [7, 11) is 0. The molecule has 2 rings (SSSR count). The minimum absolute atomic E-state index is 0.212. The van der Waals surface area contributed by atoms with E-state index < -0.39 is 11.9 Å². The predicted molar refractivity (Wildman–Crippen MR) is 66.6 cm³/mol. The number of rotatable bonds is 2. The molecule has 0 radical (unpaired) electrons. The van der Waals surface area contributed by atoms with Crippen LogP contribution < -0.4 is 0 Å². The van der Waals surface area contributed by atoms with Crippen LogP contribution in [0.25, 0.3) is 0 Å². The van der Waals surface area contributed by atoms with Crippen molar-refractivity contribution in [3.63, 3.8) is 0 Å². The van der Waals surface area contributed by atoms with Gasteiger partial charge in [-0.05, 0) is 53.9 Å². The second-order valence-corrected chi connectivity index (χ2v) is 4.54. The fourth-order valence-electron chi connectivity index (χ4n) is 1.86. The van der Waals surface area contributed by atoms with Crippen molar-refractivity contribution < 1.29 is 13.9 Å². The largest absolute Gasteiger partial charge is 0.384 e. The molecule has 0 fully saturated rings. The van der Waals surface area contributed by atoms with Crippen molar-refractivity contribution in [2.24, 2.45) is 0 Å². The monoisotopic (exact) mass is 268 g/mol. The Labute approximate surface area is 109 Å². The molecule has 0 amide bonds. The van der Waals surface area contributed by atoms with Crippen molar-refractivity contribution >= 4 is 11.6 Å². The molecule has 0 heterocycles. The number of aliphatic hydroxyl groups excluding tert-OH is 1. The Morgan fingerprint density at radius 1 is 1.06 bits per heavy atom. The van der Waals surface area contributed by atoms with Crippen molar-refractivity contribution in [1.82, 2.24) is 0 Å². The van der Waals surface area contributed by atoms with E-state index in [1.165, 1.54) is 30.3 Å². The molecule has 0 aromatic heterocycles. The molecule has 2 aromatic carbocycles. The first-order valence-corrected chi connectivity index (χ1v) is 5.75. The van der Waals surface area contributed by atoms with E-state index in [1.54, 1.807) is 6.92 Å². The smallest absolute Gasteiger partial charge is 0.125 e. The molecule has 94 valence electrons. The lowest BCUT2D eigenvalue weighted by Gasteiger charge is -2.14. The Morgan fingerprint density at radius 2 is 1.78 bits per heavy atom. The maximum Gasteiger partial charge on any atom is 0.125 e. The highest BCUT2D eigenvalue weighted by molar-refractivity contribution is 6.30. The highest BCUT2D eigenvalue weighted by Gasteiger charge is 2.14. The highest BCUT2D eigenvalue weighted by atomic mass is 35.5. The van der Waals surface area contributed by atoms with Gasteiger partial charge in [0.2, 0.25) is 0 Å². The number of aryl methyl sites for hydroxylation is 1. The molecule has 2 aromatic rings. The molecule has 0 aliphatic rings. The number of aliphatic hydroxyl groups is 1. The normalized spacial score (nSPS) is 12.5. The number of hydrogen-bond donors (Lipinski definition) is 1. The Hall–Kier alpha value is -1.45. The van der Waals surface area contributed by atoms with Crippen molar-refractivity contribution in [1.29, 1.82) is 0 Å². The van der Waals surface area contributed by atoms with Gasteiger partial charge in [-0.1, -0.05) is 17.7 Å². The molecular weight excluding hydrogens is 258 g/mol. The van der Waals surface area contributed by atoms with Gasteiger partial charge in [-0.25, -0.2) is 8.78 Å². The SMILES string of the molecule is Cc1cc(F)ccc1C(O)c1cc(F)cc(Cl)c1. The first kappa shape index (κ1) is 13.0. The van der Waals surface area contributed by atoms with E-state index >= 15 is 0 Å². The molecule has 0 saturated heterocycles. The van der Waals surface area contributed by atoms with Crippen molar-refractivity contribution in [3.8, 4) is 0 Å². The van der Waals surface area contributed by atoms with Crippen LogP contribution in [0.5, 0.6) is 0 Å². The van der Waals surface area contributed by atoms with Gasteiger partial charge in [-0.2, -0.15) is 0 Å². The predicted octanol–water partition coefficient (Wildman–Crippen LogP) is 4.01. The molecule has 0 saturated carbocycles. The van der Waals surface area contributed by atoms with E-state index in [0.717, 1.165) is 6.07 Å². The van der Waals surface area contributed by atoms with Crippen LogP contribution in [0.4, 0.5) is 8.78 Å². The lowest BCUT2D eigenvalue weighted by molar-refractivity contribution is 0.219. The third kappa shape index (κ3) is 2.68. The lowest BCUT2D eigenvalue weighted by Crippen LogP contribution is -2.03. The van der Waals surface area contributed by atoms with Crippen LogP contribution >= 0.6 is 11.6 Å². The summed E-state index contributed by atoms with van der Waals surface area (Å²) in [5.41, 5.74) is 1.47. The van der Waals surface area contributed by atoms with Gasteiger partial charge in [0.15, 0.2) is 0 Å². The fourth-order valence-corrected chi connectivity index (χ4v) is 2.09. The summed E-state index contributed by atoms with van der Waals surface area (Å²) >= 11 is 5.74. The van der Waals surface area contributed by atoms with Crippen LogP contribution in [0, 0.1) is 18.6 Å². The van der Waals surface area contributed by atoms with E-state index in [2.05, 4.69) is 0 Å². The van der Waals surface area contributed by atoms with E-state index in [-0.39, 0.29) is 10.8 Å². The van der Waals surface area contributed by atoms with Gasteiger partial charge in [0.1, 0.15) is 17.7 Å². The average molecular weight is 269 g/mol. The molecule has 0 aliphatic heterocycles. The molecule has 18 heavy (non-hydrogen) atoms. The Balaban J connectivity index is 2.44. The van der Waals surface area contributed by atoms with E-state index in [4.69, 9.17) is 11.6 Å². The first-order valence-electron chi connectivity index (χ1n) is 5.37. The zero-order chi connectivity index (χ0) is 13.3. The maximum absolute atomic E-state index is 13.2. The lowest BCUT2D eigenvalue weighted by atomic mass is 9.97. The second kappa shape index (κ2) is 5.04. The van der Waals surface area contributed by atoms with Crippen molar-refractivity contribution in [3.05, 3.63) is 69.7 Å². The second-order valence-electron chi connectivity index (χ2n) is 4.11. The van der Waals surface area contributed by atoms with Crippen molar-refractivity contribution in [2.45, 2.75) is 13.0 Å². The zero-order valence-electron chi connectivity index (χ0n) is 9.62. The van der Waals surface area contributed by atoms with E-state index in [9.17, 15) is 13.9 Å². The van der Waals surface area contributed by atoms with Gasteiger partial charge in [0.05, 0.1) is 0 Å². The number of benzene rings is 2. The topological polar surface area (TPSA) is 20.2 Å². The molecule has 1 nitrogen and oxygen atoms in total. The third-order valence-corrected chi connectivity index (χ3v) is 2.95. The summed E-state index contributed by atoms with van der Waals surface area (Å²) in [6, 6.07) is 7.91. The summed E-state index contributed by atoms with van der Waals surface area (Å²) < 4.78 is 26.2. The first-order chi connectivity index (χ1) is 8.47. The molecule has 0 aliphatic carbocycles. The van der Waals surface area contributed by atoms with Crippen molar-refractivity contribution in [2.75, 3.05) is 0 Å². The molecule has 1 atom stereocenters. The third-order valence-electron chi connectivity index (χ3n) is 2.73. The quantitative estimate of drug-likeness (QED) is 0.873. The number of halogens is 3. The highest BCUT2D eigenvalue weighted by Crippen LogP contribution is 2.27. The molecular formula is C14H11ClF2O. The van der Waals surface area contributed by atoms with Gasteiger partial charge < -0.3 is 5.11 Å². The maximum atomic E-state index is 13.2. The van der Waals surface area contributed by atoms with Crippen LogP contribution in [0.3, 0.4) is 0 Å². The van der Waals surface area contributed by atoms with Crippen LogP contribution in [0.2, 0.25) is 5.02 Å². The molecule has 0 bridgehead atoms.